The lowest BCUT2D eigenvalue weighted by Gasteiger charge is -2.05. The maximum Gasteiger partial charge on any atom is 0.224 e. The fourth-order valence-electron chi connectivity index (χ4n) is 0.906. The second-order valence-electron chi connectivity index (χ2n) is 3.59. The van der Waals surface area contributed by atoms with Gasteiger partial charge in [0.05, 0.1) is 5.92 Å². The number of nitrogens with two attached hydrogens (primary N) is 1. The summed E-state index contributed by atoms with van der Waals surface area (Å²) < 4.78 is 0. The molecule has 3 nitrogen and oxygen atoms in total. The van der Waals surface area contributed by atoms with Crippen molar-refractivity contribution in [3.63, 3.8) is 0 Å². The number of primary amides is 1. The lowest BCUT2D eigenvalue weighted by Crippen LogP contribution is -2.18. The highest BCUT2D eigenvalue weighted by Crippen LogP contribution is 2.12. The van der Waals surface area contributed by atoms with E-state index in [1.165, 1.54) is 0 Å². The first-order valence-corrected chi connectivity index (χ1v) is 5.32. The van der Waals surface area contributed by atoms with Gasteiger partial charge in [0.25, 0.3) is 0 Å². The van der Waals surface area contributed by atoms with Crippen LogP contribution >= 0.6 is 0 Å². The first-order valence-electron chi connectivity index (χ1n) is 5.32. The largest absolute Gasteiger partial charge is 0.369 e. The average Bonchev–Trinajstić information content (AvgIpc) is 2.29. The Labute approximate surface area is 96.7 Å². The van der Waals surface area contributed by atoms with E-state index < -0.39 is 0 Å². The molecule has 1 amide bonds. The van der Waals surface area contributed by atoms with E-state index in [2.05, 4.69) is 0 Å². The molecule has 0 spiro atoms. The van der Waals surface area contributed by atoms with Crippen LogP contribution < -0.4 is 5.73 Å². The van der Waals surface area contributed by atoms with Gasteiger partial charge in [0.1, 0.15) is 5.78 Å². The third-order valence-electron chi connectivity index (χ3n) is 2.22. The Bertz CT molecular complexity index is 333. The molecule has 0 fully saturated rings. The van der Waals surface area contributed by atoms with Crippen molar-refractivity contribution < 1.29 is 9.59 Å². The Hall–Kier alpha value is -1.64. The van der Waals surface area contributed by atoms with Gasteiger partial charge in [-0.1, -0.05) is 37.3 Å². The van der Waals surface area contributed by atoms with Crippen molar-refractivity contribution in [2.45, 2.75) is 33.1 Å². The number of hydrogen-bond donors (Lipinski definition) is 1. The van der Waals surface area contributed by atoms with Crippen LogP contribution in [0, 0.1) is 0 Å². The van der Waals surface area contributed by atoms with E-state index in [4.69, 9.17) is 5.73 Å². The minimum absolute atomic E-state index is 0.184. The molecule has 1 aromatic carbocycles. The van der Waals surface area contributed by atoms with Crippen molar-refractivity contribution >= 4 is 11.7 Å². The molecule has 0 aliphatic heterocycles. The highest BCUT2D eigenvalue weighted by molar-refractivity contribution is 5.81. The van der Waals surface area contributed by atoms with Crippen molar-refractivity contribution in [2.24, 2.45) is 5.73 Å². The molecule has 1 rings (SSSR count). The van der Waals surface area contributed by atoms with Crippen LogP contribution in [0.3, 0.4) is 0 Å². The number of benzene rings is 1. The number of carbonyl (C=O) groups is 2. The number of amides is 1. The molecular formula is C13H19NO2. The molecule has 0 aromatic heterocycles. The van der Waals surface area contributed by atoms with E-state index in [9.17, 15) is 9.59 Å². The zero-order valence-corrected chi connectivity index (χ0v) is 10.1. The van der Waals surface area contributed by atoms with E-state index in [0.717, 1.165) is 5.56 Å². The summed E-state index contributed by atoms with van der Waals surface area (Å²) >= 11 is 0. The summed E-state index contributed by atoms with van der Waals surface area (Å²) in [7, 11) is 0. The first kappa shape index (κ1) is 14.4. The van der Waals surface area contributed by atoms with E-state index in [-0.39, 0.29) is 17.6 Å². The van der Waals surface area contributed by atoms with Gasteiger partial charge in [0, 0.05) is 6.42 Å². The molecule has 0 saturated heterocycles. The van der Waals surface area contributed by atoms with Crippen molar-refractivity contribution in [1.82, 2.24) is 0 Å². The zero-order valence-electron chi connectivity index (χ0n) is 10.1. The molecule has 2 N–H and O–H groups in total. The summed E-state index contributed by atoms with van der Waals surface area (Å²) in [6, 6.07) is 9.51. The van der Waals surface area contributed by atoms with Gasteiger partial charge in [-0.25, -0.2) is 0 Å². The number of carbonyl (C=O) groups excluding carboxylic acids is 2. The lowest BCUT2D eigenvalue weighted by molar-refractivity contribution is -0.119. The summed E-state index contributed by atoms with van der Waals surface area (Å²) in [5.74, 6) is -0.211. The topological polar surface area (TPSA) is 60.2 Å². The van der Waals surface area contributed by atoms with Crippen molar-refractivity contribution in [2.75, 3.05) is 0 Å². The maximum atomic E-state index is 10.7. The highest BCUT2D eigenvalue weighted by Gasteiger charge is 2.09. The molecule has 0 radical (unpaired) electrons. The molecule has 3 heteroatoms. The molecule has 88 valence electrons. The Morgan fingerprint density at radius 1 is 1.25 bits per heavy atom. The highest BCUT2D eigenvalue weighted by atomic mass is 16.1. The van der Waals surface area contributed by atoms with Crippen LogP contribution in [-0.4, -0.2) is 11.7 Å². The van der Waals surface area contributed by atoms with Crippen LogP contribution in [0.25, 0.3) is 0 Å². The standard InChI is InChI=1S/C9H11NO.C4H8O/c1-7(9(10)11)8-5-3-2-4-6-8;1-3-4(2)5/h2-7H,1H3,(H2,10,11);3H2,1-2H3. The van der Waals surface area contributed by atoms with Crippen LogP contribution in [0.1, 0.15) is 38.7 Å². The predicted octanol–water partition coefficient (Wildman–Crippen LogP) is 2.26. The molecule has 1 unspecified atom stereocenters. The second-order valence-corrected chi connectivity index (χ2v) is 3.59. The minimum Gasteiger partial charge on any atom is -0.369 e. The smallest absolute Gasteiger partial charge is 0.224 e. The van der Waals surface area contributed by atoms with Crippen LogP contribution in [0.4, 0.5) is 0 Å². The predicted molar refractivity (Wildman–Crippen MR) is 65.0 cm³/mol. The molecule has 0 aliphatic carbocycles. The van der Waals surface area contributed by atoms with Crippen molar-refractivity contribution in [1.29, 1.82) is 0 Å². The third-order valence-corrected chi connectivity index (χ3v) is 2.22. The van der Waals surface area contributed by atoms with E-state index in [0.29, 0.717) is 6.42 Å². The number of rotatable bonds is 3. The molecule has 0 aliphatic rings. The van der Waals surface area contributed by atoms with Gasteiger partial charge < -0.3 is 10.5 Å². The lowest BCUT2D eigenvalue weighted by atomic mass is 10.0. The maximum absolute atomic E-state index is 10.7. The van der Waals surface area contributed by atoms with Crippen LogP contribution in [0.15, 0.2) is 30.3 Å². The fourth-order valence-corrected chi connectivity index (χ4v) is 0.906. The van der Waals surface area contributed by atoms with Gasteiger partial charge in [-0.05, 0) is 19.4 Å². The summed E-state index contributed by atoms with van der Waals surface area (Å²) in [6.45, 7) is 5.24. The second kappa shape index (κ2) is 7.63. The van der Waals surface area contributed by atoms with Gasteiger partial charge in [-0.15, -0.1) is 0 Å². The average molecular weight is 221 g/mol. The Morgan fingerprint density at radius 3 is 2.00 bits per heavy atom. The summed E-state index contributed by atoms with van der Waals surface area (Å²) in [6.07, 6.45) is 0.667. The first-order chi connectivity index (χ1) is 7.49. The molecule has 0 heterocycles. The molecular weight excluding hydrogens is 202 g/mol. The Morgan fingerprint density at radius 2 is 1.69 bits per heavy atom. The summed E-state index contributed by atoms with van der Waals surface area (Å²) in [5, 5.41) is 0. The van der Waals surface area contributed by atoms with E-state index in [1.54, 1.807) is 13.8 Å². The van der Waals surface area contributed by atoms with Crippen molar-refractivity contribution in [3.05, 3.63) is 35.9 Å². The van der Waals surface area contributed by atoms with Crippen LogP contribution in [0.2, 0.25) is 0 Å². The van der Waals surface area contributed by atoms with Gasteiger partial charge in [0.2, 0.25) is 5.91 Å². The van der Waals surface area contributed by atoms with E-state index in [1.807, 2.05) is 37.3 Å². The van der Waals surface area contributed by atoms with E-state index >= 15 is 0 Å². The molecule has 0 saturated carbocycles. The van der Waals surface area contributed by atoms with Crippen LogP contribution in [-0.2, 0) is 9.59 Å². The normalized spacial score (nSPS) is 10.9. The zero-order chi connectivity index (χ0) is 12.6. The van der Waals surface area contributed by atoms with Crippen molar-refractivity contribution in [3.8, 4) is 0 Å². The SMILES string of the molecule is CC(C(N)=O)c1ccccc1.CCC(C)=O. The number of Topliss-reactive ketones (excluding diaryl/α,β-unsaturated/α-hetero) is 1. The number of ketones is 1. The summed E-state index contributed by atoms with van der Waals surface area (Å²) in [4.78, 5) is 20.5. The van der Waals surface area contributed by atoms with Crippen LogP contribution in [0.5, 0.6) is 0 Å². The van der Waals surface area contributed by atoms with Gasteiger partial charge in [0.15, 0.2) is 0 Å². The molecule has 1 aromatic rings. The quantitative estimate of drug-likeness (QED) is 0.851. The van der Waals surface area contributed by atoms with Gasteiger partial charge in [-0.3, -0.25) is 4.79 Å². The fraction of sp³-hybridized carbons (Fsp3) is 0.385. The van der Waals surface area contributed by atoms with Gasteiger partial charge >= 0.3 is 0 Å². The Kier molecular flexibility index (Phi) is 6.84. The number of hydrogen-bond acceptors (Lipinski definition) is 2. The minimum atomic E-state index is -0.281. The summed E-state index contributed by atoms with van der Waals surface area (Å²) in [5.41, 5.74) is 6.10. The monoisotopic (exact) mass is 221 g/mol. The third kappa shape index (κ3) is 5.96. The molecule has 0 bridgehead atoms. The molecule has 16 heavy (non-hydrogen) atoms. The van der Waals surface area contributed by atoms with Gasteiger partial charge in [-0.2, -0.15) is 0 Å². The Balaban J connectivity index is 0.000000385. The molecule has 1 atom stereocenters.